The number of halogens is 2. The van der Waals surface area contributed by atoms with Gasteiger partial charge in [-0.05, 0) is 30.7 Å². The van der Waals surface area contributed by atoms with Crippen LogP contribution in [0.25, 0.3) is 0 Å². The third kappa shape index (κ3) is 3.00. The third-order valence-electron chi connectivity index (χ3n) is 2.41. The van der Waals surface area contributed by atoms with Crippen molar-refractivity contribution in [1.29, 1.82) is 0 Å². The molecule has 1 aromatic heterocycles. The number of pyridine rings is 1. The molecule has 6 heteroatoms. The van der Waals surface area contributed by atoms with E-state index in [1.54, 1.807) is 6.92 Å². The average Bonchev–Trinajstić information content (AvgIpc) is 2.33. The zero-order valence-electron chi connectivity index (χ0n) is 9.85. The van der Waals surface area contributed by atoms with Crippen molar-refractivity contribution >= 4 is 17.6 Å². The molecule has 1 N–H and O–H groups in total. The Kier molecular flexibility index (Phi) is 3.66. The van der Waals surface area contributed by atoms with E-state index in [9.17, 15) is 9.18 Å². The van der Waals surface area contributed by atoms with E-state index in [2.05, 4.69) is 4.98 Å². The van der Waals surface area contributed by atoms with Crippen LogP contribution in [0.2, 0.25) is 5.15 Å². The van der Waals surface area contributed by atoms with Crippen LogP contribution in [0.15, 0.2) is 30.3 Å². The van der Waals surface area contributed by atoms with Crippen molar-refractivity contribution in [2.75, 3.05) is 0 Å². The fraction of sp³-hybridized carbons (Fsp3) is 0.0769. The number of aromatic nitrogens is 1. The van der Waals surface area contributed by atoms with E-state index < -0.39 is 11.8 Å². The molecule has 4 nitrogen and oxygen atoms in total. The summed E-state index contributed by atoms with van der Waals surface area (Å²) in [5.41, 5.74) is 0.507. The van der Waals surface area contributed by atoms with Gasteiger partial charge in [0.15, 0.2) is 0 Å². The van der Waals surface area contributed by atoms with Gasteiger partial charge in [0.05, 0.1) is 0 Å². The first-order valence-electron chi connectivity index (χ1n) is 5.31. The molecule has 0 saturated heterocycles. The number of hydrogen-bond acceptors (Lipinski definition) is 3. The molecule has 0 aliphatic rings. The van der Waals surface area contributed by atoms with Gasteiger partial charge in [-0.15, -0.1) is 0 Å². The van der Waals surface area contributed by atoms with E-state index in [0.29, 0.717) is 5.56 Å². The summed E-state index contributed by atoms with van der Waals surface area (Å²) in [6.45, 7) is 1.71. The van der Waals surface area contributed by atoms with Crippen molar-refractivity contribution in [3.05, 3.63) is 52.4 Å². The van der Waals surface area contributed by atoms with Gasteiger partial charge in [0.2, 0.25) is 5.88 Å². The van der Waals surface area contributed by atoms with Crippen molar-refractivity contribution < 1.29 is 19.0 Å². The number of ether oxygens (including phenoxy) is 1. The summed E-state index contributed by atoms with van der Waals surface area (Å²) >= 11 is 5.70. The Balaban J connectivity index is 2.45. The van der Waals surface area contributed by atoms with E-state index in [-0.39, 0.29) is 22.3 Å². The monoisotopic (exact) mass is 281 g/mol. The highest BCUT2D eigenvalue weighted by molar-refractivity contribution is 6.29. The zero-order valence-corrected chi connectivity index (χ0v) is 10.6. The van der Waals surface area contributed by atoms with Gasteiger partial charge in [0, 0.05) is 6.07 Å². The number of carbonyl (C=O) groups is 1. The number of benzene rings is 1. The first-order valence-corrected chi connectivity index (χ1v) is 5.69. The lowest BCUT2D eigenvalue weighted by atomic mass is 10.2. The Morgan fingerprint density at radius 2 is 2.11 bits per heavy atom. The molecule has 0 radical (unpaired) electrons. The molecule has 0 unspecified atom stereocenters. The topological polar surface area (TPSA) is 59.4 Å². The van der Waals surface area contributed by atoms with Gasteiger partial charge in [-0.3, -0.25) is 0 Å². The molecule has 0 amide bonds. The number of carboxylic acid groups (broad SMARTS) is 1. The maximum atomic E-state index is 13.1. The molecule has 2 rings (SSSR count). The number of hydrogen-bond donors (Lipinski definition) is 1. The van der Waals surface area contributed by atoms with Crippen molar-refractivity contribution in [2.45, 2.75) is 6.92 Å². The maximum absolute atomic E-state index is 13.1. The smallest absolute Gasteiger partial charge is 0.341 e. The van der Waals surface area contributed by atoms with Crippen LogP contribution < -0.4 is 4.74 Å². The second kappa shape index (κ2) is 5.24. The van der Waals surface area contributed by atoms with E-state index in [0.717, 1.165) is 6.07 Å². The molecule has 0 bridgehead atoms. The number of carboxylic acids is 1. The first kappa shape index (κ1) is 13.3. The fourth-order valence-electron chi connectivity index (χ4n) is 1.45. The van der Waals surface area contributed by atoms with Gasteiger partial charge < -0.3 is 9.84 Å². The predicted molar refractivity (Wildman–Crippen MR) is 67.4 cm³/mol. The van der Waals surface area contributed by atoms with E-state index in [1.807, 2.05) is 0 Å². The number of rotatable bonds is 3. The van der Waals surface area contributed by atoms with Gasteiger partial charge in [-0.25, -0.2) is 14.2 Å². The van der Waals surface area contributed by atoms with Crippen LogP contribution in [0, 0.1) is 12.7 Å². The zero-order chi connectivity index (χ0) is 14.0. The Labute approximate surface area is 113 Å². The van der Waals surface area contributed by atoms with Gasteiger partial charge in [-0.2, -0.15) is 0 Å². The third-order valence-corrected chi connectivity index (χ3v) is 2.62. The molecule has 0 aliphatic carbocycles. The molecule has 98 valence electrons. The van der Waals surface area contributed by atoms with Crippen LogP contribution in [0.4, 0.5) is 4.39 Å². The summed E-state index contributed by atoms with van der Waals surface area (Å²) in [5.74, 6) is -1.67. The maximum Gasteiger partial charge on any atom is 0.341 e. The van der Waals surface area contributed by atoms with Crippen LogP contribution in [-0.4, -0.2) is 16.1 Å². The lowest BCUT2D eigenvalue weighted by molar-refractivity contribution is 0.0693. The lowest BCUT2D eigenvalue weighted by Gasteiger charge is -2.10. The normalized spacial score (nSPS) is 10.3. The molecule has 0 spiro atoms. The molecule has 1 aromatic carbocycles. The number of aryl methyl sites for hydroxylation is 1. The van der Waals surface area contributed by atoms with E-state index >= 15 is 0 Å². The molecule has 2 aromatic rings. The summed E-state index contributed by atoms with van der Waals surface area (Å²) in [6, 6.07) is 6.59. The van der Waals surface area contributed by atoms with Gasteiger partial charge in [-0.1, -0.05) is 17.7 Å². The van der Waals surface area contributed by atoms with Crippen molar-refractivity contribution in [1.82, 2.24) is 4.98 Å². The second-order valence-electron chi connectivity index (χ2n) is 3.80. The standard InChI is InChI=1S/C13H9ClFNO3/c1-7-2-3-8(15)6-10(7)19-12-9(13(17)18)4-5-11(14)16-12/h2-6H,1H3,(H,17,18). The highest BCUT2D eigenvalue weighted by Gasteiger charge is 2.15. The van der Waals surface area contributed by atoms with Crippen molar-refractivity contribution in [3.63, 3.8) is 0 Å². The highest BCUT2D eigenvalue weighted by atomic mass is 35.5. The minimum Gasteiger partial charge on any atom is -0.477 e. The molecule has 0 aliphatic heterocycles. The largest absolute Gasteiger partial charge is 0.477 e. The van der Waals surface area contributed by atoms with Crippen LogP contribution in [-0.2, 0) is 0 Å². The Morgan fingerprint density at radius 3 is 2.79 bits per heavy atom. The Bertz CT molecular complexity index is 646. The minimum absolute atomic E-state index is 0.0917. The van der Waals surface area contributed by atoms with Gasteiger partial charge >= 0.3 is 5.97 Å². The molecule has 19 heavy (non-hydrogen) atoms. The van der Waals surface area contributed by atoms with E-state index in [1.165, 1.54) is 24.3 Å². The molecule has 0 saturated carbocycles. The molecule has 0 atom stereocenters. The lowest BCUT2D eigenvalue weighted by Crippen LogP contribution is -2.02. The van der Waals surface area contributed by atoms with Crippen LogP contribution >= 0.6 is 11.6 Å². The summed E-state index contributed by atoms with van der Waals surface area (Å²) in [6.07, 6.45) is 0. The fourth-order valence-corrected chi connectivity index (χ4v) is 1.59. The molecular weight excluding hydrogens is 273 g/mol. The first-order chi connectivity index (χ1) is 8.97. The predicted octanol–water partition coefficient (Wildman–Crippen LogP) is 3.67. The molecular formula is C13H9ClFNO3. The molecule has 0 fully saturated rings. The van der Waals surface area contributed by atoms with Crippen molar-refractivity contribution in [2.24, 2.45) is 0 Å². The number of nitrogens with zero attached hydrogens (tertiary/aromatic N) is 1. The quantitative estimate of drug-likeness (QED) is 0.872. The Hall–Kier alpha value is -2.14. The molecule has 1 heterocycles. The van der Waals surface area contributed by atoms with Gasteiger partial charge in [0.1, 0.15) is 22.3 Å². The van der Waals surface area contributed by atoms with Crippen molar-refractivity contribution in [3.8, 4) is 11.6 Å². The van der Waals surface area contributed by atoms with Crippen LogP contribution in [0.1, 0.15) is 15.9 Å². The highest BCUT2D eigenvalue weighted by Crippen LogP contribution is 2.28. The Morgan fingerprint density at radius 1 is 1.37 bits per heavy atom. The SMILES string of the molecule is Cc1ccc(F)cc1Oc1nc(Cl)ccc1C(=O)O. The summed E-state index contributed by atoms with van der Waals surface area (Å²) < 4.78 is 18.5. The van der Waals surface area contributed by atoms with Crippen LogP contribution in [0.5, 0.6) is 11.6 Å². The summed E-state index contributed by atoms with van der Waals surface area (Å²) in [7, 11) is 0. The summed E-state index contributed by atoms with van der Waals surface area (Å²) in [5, 5.41) is 9.11. The van der Waals surface area contributed by atoms with Gasteiger partial charge in [0.25, 0.3) is 0 Å². The second-order valence-corrected chi connectivity index (χ2v) is 4.19. The van der Waals surface area contributed by atoms with E-state index in [4.69, 9.17) is 21.4 Å². The number of aromatic carboxylic acids is 1. The summed E-state index contributed by atoms with van der Waals surface area (Å²) in [4.78, 5) is 14.8. The average molecular weight is 282 g/mol. The van der Waals surface area contributed by atoms with Crippen LogP contribution in [0.3, 0.4) is 0 Å². The minimum atomic E-state index is -1.20.